The van der Waals surface area contributed by atoms with Gasteiger partial charge in [-0.3, -0.25) is 4.79 Å². The minimum atomic E-state index is 0.0882. The summed E-state index contributed by atoms with van der Waals surface area (Å²) < 4.78 is 1.86. The number of piperidine rings is 1. The molecule has 4 nitrogen and oxygen atoms in total. The van der Waals surface area contributed by atoms with Gasteiger partial charge in [0, 0.05) is 25.8 Å². The molecule has 1 aromatic heterocycles. The minimum Gasteiger partial charge on any atom is -0.384 e. The highest BCUT2D eigenvalue weighted by atomic mass is 16.1. The van der Waals surface area contributed by atoms with Gasteiger partial charge in [-0.25, -0.2) is 0 Å². The smallest absolute Gasteiger partial charge is 0.274 e. The molecule has 0 radical (unpaired) electrons. The van der Waals surface area contributed by atoms with Crippen molar-refractivity contribution in [2.45, 2.75) is 18.9 Å². The lowest BCUT2D eigenvalue weighted by Gasteiger charge is -2.31. The summed E-state index contributed by atoms with van der Waals surface area (Å²) >= 11 is 0. The van der Waals surface area contributed by atoms with Gasteiger partial charge in [0.2, 0.25) is 0 Å². The lowest BCUT2D eigenvalue weighted by atomic mass is 10.1. The molecule has 0 spiro atoms. The molecule has 0 bridgehead atoms. The number of rotatable bonds is 2. The Morgan fingerprint density at radius 2 is 2.31 bits per heavy atom. The first kappa shape index (κ1) is 11.2. The molecule has 2 heterocycles. The second kappa shape index (κ2) is 4.70. The van der Waals surface area contributed by atoms with Gasteiger partial charge in [0.05, 0.1) is 0 Å². The van der Waals surface area contributed by atoms with Crippen molar-refractivity contribution >= 4 is 5.69 Å². The van der Waals surface area contributed by atoms with Crippen LogP contribution in [0.1, 0.15) is 18.9 Å². The third-order valence-corrected chi connectivity index (χ3v) is 3.24. The molecule has 88 valence electrons. The number of pyridine rings is 1. The van der Waals surface area contributed by atoms with Crippen molar-refractivity contribution in [3.05, 3.63) is 28.7 Å². The predicted octanol–water partition coefficient (Wildman–Crippen LogP) is 1.16. The molecule has 1 aromatic rings. The largest absolute Gasteiger partial charge is 0.384 e. The van der Waals surface area contributed by atoms with Gasteiger partial charge in [-0.15, -0.1) is 0 Å². The van der Waals surface area contributed by atoms with Gasteiger partial charge < -0.3 is 14.8 Å². The second-order valence-corrected chi connectivity index (χ2v) is 4.44. The van der Waals surface area contributed by atoms with Gasteiger partial charge >= 0.3 is 0 Å². The lowest BCUT2D eigenvalue weighted by molar-refractivity contribution is 0.209. The molecule has 2 rings (SSSR count). The van der Waals surface area contributed by atoms with Gasteiger partial charge in [0.25, 0.3) is 5.56 Å². The van der Waals surface area contributed by atoms with E-state index < -0.39 is 0 Å². The van der Waals surface area contributed by atoms with Crippen molar-refractivity contribution in [1.29, 1.82) is 0 Å². The van der Waals surface area contributed by atoms with Crippen molar-refractivity contribution in [3.8, 4) is 0 Å². The molecule has 1 atom stereocenters. The highest BCUT2D eigenvalue weighted by Gasteiger charge is 2.19. The molecule has 1 saturated heterocycles. The van der Waals surface area contributed by atoms with Crippen LogP contribution in [0.4, 0.5) is 5.69 Å². The Bertz CT molecular complexity index is 413. The fraction of sp³-hybridized carbons (Fsp3) is 0.583. The van der Waals surface area contributed by atoms with E-state index in [0.29, 0.717) is 11.7 Å². The third-order valence-electron chi connectivity index (χ3n) is 3.24. The Kier molecular flexibility index (Phi) is 3.29. The average Bonchev–Trinajstić information content (AvgIpc) is 2.29. The van der Waals surface area contributed by atoms with Crippen LogP contribution in [0.25, 0.3) is 0 Å². The molecule has 4 heteroatoms. The highest BCUT2D eigenvalue weighted by molar-refractivity contribution is 5.39. The standard InChI is InChI=1S/C12H19N3O/c1-13-11-6-4-8-15(12(11)16)10-5-3-7-14(2)9-10/h4,6,8,10,13H,3,5,7,9H2,1-2H3/t10-/m0/s1. The summed E-state index contributed by atoms with van der Waals surface area (Å²) in [6.07, 6.45) is 4.15. The fourth-order valence-electron chi connectivity index (χ4n) is 2.35. The highest BCUT2D eigenvalue weighted by Crippen LogP contribution is 2.19. The van der Waals surface area contributed by atoms with Crippen LogP contribution in [0.3, 0.4) is 0 Å². The van der Waals surface area contributed by atoms with Crippen LogP contribution in [0.2, 0.25) is 0 Å². The van der Waals surface area contributed by atoms with Gasteiger partial charge in [0.15, 0.2) is 0 Å². The number of anilines is 1. The molecule has 0 amide bonds. The van der Waals surface area contributed by atoms with Crippen LogP contribution < -0.4 is 10.9 Å². The third kappa shape index (κ3) is 2.11. The first-order valence-electron chi connectivity index (χ1n) is 5.80. The molecule has 0 aliphatic carbocycles. The number of aromatic nitrogens is 1. The fourth-order valence-corrected chi connectivity index (χ4v) is 2.35. The zero-order valence-electron chi connectivity index (χ0n) is 9.94. The maximum absolute atomic E-state index is 12.1. The van der Waals surface area contributed by atoms with Crippen LogP contribution >= 0.6 is 0 Å². The number of likely N-dealkylation sites (tertiary alicyclic amines) is 1. The Morgan fingerprint density at radius 3 is 3.00 bits per heavy atom. The van der Waals surface area contributed by atoms with Crippen molar-refractivity contribution in [2.24, 2.45) is 0 Å². The van der Waals surface area contributed by atoms with Crippen LogP contribution in [0.5, 0.6) is 0 Å². The maximum atomic E-state index is 12.1. The summed E-state index contributed by atoms with van der Waals surface area (Å²) in [5.41, 5.74) is 0.765. The molecular formula is C12H19N3O. The molecule has 0 saturated carbocycles. The van der Waals surface area contributed by atoms with Crippen molar-refractivity contribution in [3.63, 3.8) is 0 Å². The molecule has 0 unspecified atom stereocenters. The molecule has 1 aliphatic heterocycles. The summed E-state index contributed by atoms with van der Waals surface area (Å²) in [7, 11) is 3.90. The first-order chi connectivity index (χ1) is 7.72. The zero-order valence-corrected chi connectivity index (χ0v) is 9.94. The zero-order chi connectivity index (χ0) is 11.5. The van der Waals surface area contributed by atoms with Crippen LogP contribution in [0, 0.1) is 0 Å². The van der Waals surface area contributed by atoms with E-state index in [1.165, 1.54) is 0 Å². The van der Waals surface area contributed by atoms with E-state index in [1.54, 1.807) is 7.05 Å². The van der Waals surface area contributed by atoms with E-state index in [4.69, 9.17) is 0 Å². The van der Waals surface area contributed by atoms with Crippen molar-refractivity contribution in [1.82, 2.24) is 9.47 Å². The Balaban J connectivity index is 2.29. The van der Waals surface area contributed by atoms with E-state index in [-0.39, 0.29) is 5.56 Å². The summed E-state index contributed by atoms with van der Waals surface area (Å²) in [5.74, 6) is 0. The molecule has 1 aliphatic rings. The Morgan fingerprint density at radius 1 is 1.50 bits per heavy atom. The number of likely N-dealkylation sites (N-methyl/N-ethyl adjacent to an activating group) is 1. The number of nitrogens with one attached hydrogen (secondary N) is 1. The molecule has 1 N–H and O–H groups in total. The van der Waals surface area contributed by atoms with Crippen LogP contribution in [-0.2, 0) is 0 Å². The number of hydrogen-bond donors (Lipinski definition) is 1. The quantitative estimate of drug-likeness (QED) is 0.814. The molecule has 0 aromatic carbocycles. The molecule has 1 fully saturated rings. The van der Waals surface area contributed by atoms with Crippen LogP contribution in [0.15, 0.2) is 23.1 Å². The number of nitrogens with zero attached hydrogens (tertiary/aromatic N) is 2. The minimum absolute atomic E-state index is 0.0882. The Labute approximate surface area is 95.9 Å². The summed E-state index contributed by atoms with van der Waals surface area (Å²) in [6.45, 7) is 2.10. The monoisotopic (exact) mass is 221 g/mol. The van der Waals surface area contributed by atoms with Gasteiger partial charge in [-0.05, 0) is 38.6 Å². The molecular weight excluding hydrogens is 202 g/mol. The lowest BCUT2D eigenvalue weighted by Crippen LogP contribution is -2.37. The molecule has 16 heavy (non-hydrogen) atoms. The van der Waals surface area contributed by atoms with Crippen LogP contribution in [-0.4, -0.2) is 36.7 Å². The SMILES string of the molecule is CNc1cccn([C@H]2CCCN(C)C2)c1=O. The summed E-state index contributed by atoms with van der Waals surface area (Å²) in [6, 6.07) is 4.08. The topological polar surface area (TPSA) is 37.3 Å². The van der Waals surface area contributed by atoms with E-state index in [0.717, 1.165) is 25.9 Å². The average molecular weight is 221 g/mol. The number of hydrogen-bond acceptors (Lipinski definition) is 3. The summed E-state index contributed by atoms with van der Waals surface area (Å²) in [4.78, 5) is 14.4. The van der Waals surface area contributed by atoms with Gasteiger partial charge in [-0.2, -0.15) is 0 Å². The Hall–Kier alpha value is -1.29. The van der Waals surface area contributed by atoms with E-state index in [1.807, 2.05) is 22.9 Å². The van der Waals surface area contributed by atoms with Crippen molar-refractivity contribution in [2.75, 3.05) is 32.5 Å². The normalized spacial score (nSPS) is 22.0. The van der Waals surface area contributed by atoms with E-state index in [9.17, 15) is 4.79 Å². The predicted molar refractivity (Wildman–Crippen MR) is 66.0 cm³/mol. The van der Waals surface area contributed by atoms with E-state index in [2.05, 4.69) is 17.3 Å². The van der Waals surface area contributed by atoms with Crippen molar-refractivity contribution < 1.29 is 0 Å². The van der Waals surface area contributed by atoms with Gasteiger partial charge in [0.1, 0.15) is 5.69 Å². The van der Waals surface area contributed by atoms with Gasteiger partial charge in [-0.1, -0.05) is 0 Å². The second-order valence-electron chi connectivity index (χ2n) is 4.44. The maximum Gasteiger partial charge on any atom is 0.274 e. The summed E-state index contributed by atoms with van der Waals surface area (Å²) in [5, 5.41) is 2.94. The first-order valence-corrected chi connectivity index (χ1v) is 5.80. The van der Waals surface area contributed by atoms with E-state index >= 15 is 0 Å².